The van der Waals surface area contributed by atoms with E-state index >= 15 is 0 Å². The largest absolute Gasteiger partial charge is 0.346 e. The molecule has 132 valence electrons. The van der Waals surface area contributed by atoms with Crippen LogP contribution in [0.25, 0.3) is 0 Å². The van der Waals surface area contributed by atoms with E-state index in [0.29, 0.717) is 11.6 Å². The average Bonchev–Trinajstić information content (AvgIpc) is 3.25. The highest BCUT2D eigenvalue weighted by molar-refractivity contribution is 6.30. The van der Waals surface area contributed by atoms with Crippen molar-refractivity contribution in [2.45, 2.75) is 44.7 Å². The van der Waals surface area contributed by atoms with Gasteiger partial charge in [-0.05, 0) is 43.4 Å². The predicted octanol–water partition coefficient (Wildman–Crippen LogP) is 2.25. The number of hydrogen-bond acceptors (Lipinski definition) is 3. The quantitative estimate of drug-likeness (QED) is 0.843. The molecule has 1 atom stereocenters. The maximum atomic E-state index is 12.9. The van der Waals surface area contributed by atoms with Crippen molar-refractivity contribution < 1.29 is 4.79 Å². The Bertz CT molecular complexity index is 834. The summed E-state index contributed by atoms with van der Waals surface area (Å²) in [6.07, 6.45) is 4.45. The van der Waals surface area contributed by atoms with Crippen LogP contribution in [0.3, 0.4) is 0 Å². The van der Waals surface area contributed by atoms with E-state index in [4.69, 9.17) is 11.6 Å². The van der Waals surface area contributed by atoms with Crippen LogP contribution in [0.2, 0.25) is 5.02 Å². The maximum absolute atomic E-state index is 12.9. The van der Waals surface area contributed by atoms with Gasteiger partial charge in [-0.2, -0.15) is 5.10 Å². The van der Waals surface area contributed by atoms with Crippen molar-refractivity contribution in [2.24, 2.45) is 0 Å². The molecule has 0 N–H and O–H groups in total. The van der Waals surface area contributed by atoms with Crippen molar-refractivity contribution in [3.05, 3.63) is 51.2 Å². The first-order valence-electron chi connectivity index (χ1n) is 8.85. The van der Waals surface area contributed by atoms with Gasteiger partial charge < -0.3 is 4.90 Å². The van der Waals surface area contributed by atoms with E-state index in [-0.39, 0.29) is 11.6 Å². The second kappa shape index (κ2) is 6.67. The topological polar surface area (TPSA) is 60.1 Å². The fourth-order valence-electron chi connectivity index (χ4n) is 3.78. The molecule has 0 saturated carbocycles. The molecule has 2 aliphatic heterocycles. The van der Waals surface area contributed by atoms with Crippen LogP contribution < -0.4 is 5.69 Å². The Labute approximate surface area is 151 Å². The normalized spacial score (nSPS) is 19.9. The van der Waals surface area contributed by atoms with Gasteiger partial charge in [-0.1, -0.05) is 23.7 Å². The van der Waals surface area contributed by atoms with Gasteiger partial charge in [0.15, 0.2) is 0 Å². The number of halogens is 1. The van der Waals surface area contributed by atoms with E-state index < -0.39 is 6.04 Å². The smallest absolute Gasteiger partial charge is 0.341 e. The molecule has 1 fully saturated rings. The molecular weight excluding hydrogens is 340 g/mol. The highest BCUT2D eigenvalue weighted by Gasteiger charge is 2.34. The number of aromatic nitrogens is 3. The Kier molecular flexibility index (Phi) is 4.37. The Morgan fingerprint density at radius 3 is 2.60 bits per heavy atom. The van der Waals surface area contributed by atoms with Crippen LogP contribution in [0.1, 0.15) is 43.1 Å². The van der Waals surface area contributed by atoms with Crippen molar-refractivity contribution in [3.63, 3.8) is 0 Å². The number of aryl methyl sites for hydroxylation is 1. The highest BCUT2D eigenvalue weighted by atomic mass is 35.5. The van der Waals surface area contributed by atoms with Gasteiger partial charge in [0.1, 0.15) is 11.9 Å². The molecule has 3 heterocycles. The molecule has 1 amide bonds. The fourth-order valence-corrected chi connectivity index (χ4v) is 3.91. The number of amides is 1. The summed E-state index contributed by atoms with van der Waals surface area (Å²) in [6.45, 7) is 2.00. The minimum atomic E-state index is -0.395. The molecule has 25 heavy (non-hydrogen) atoms. The number of nitrogens with zero attached hydrogens (tertiary/aromatic N) is 4. The second-order valence-corrected chi connectivity index (χ2v) is 7.23. The first-order chi connectivity index (χ1) is 12.1. The Balaban J connectivity index is 1.63. The van der Waals surface area contributed by atoms with Crippen LogP contribution in [0.15, 0.2) is 29.1 Å². The Morgan fingerprint density at radius 2 is 1.88 bits per heavy atom. The molecule has 0 radical (unpaired) electrons. The van der Waals surface area contributed by atoms with Gasteiger partial charge in [-0.15, -0.1) is 0 Å². The van der Waals surface area contributed by atoms with Crippen LogP contribution >= 0.6 is 11.6 Å². The van der Waals surface area contributed by atoms with Crippen LogP contribution in [-0.4, -0.2) is 38.2 Å². The zero-order valence-electron chi connectivity index (χ0n) is 14.0. The van der Waals surface area contributed by atoms with Crippen LogP contribution in [0, 0.1) is 0 Å². The standard InChI is InChI=1S/C18H21ClN4O2/c19-14-8-6-13(7-9-14)12-22-18(25)23-15(4-3-5-16(23)20-22)17(24)21-10-1-2-11-21/h6-9,15H,1-5,10-12H2. The van der Waals surface area contributed by atoms with Crippen molar-refractivity contribution in [1.82, 2.24) is 19.2 Å². The maximum Gasteiger partial charge on any atom is 0.346 e. The summed E-state index contributed by atoms with van der Waals surface area (Å²) in [5.74, 6) is 0.800. The fraction of sp³-hybridized carbons (Fsp3) is 0.500. The lowest BCUT2D eigenvalue weighted by atomic mass is 10.0. The molecule has 1 unspecified atom stereocenters. The minimum Gasteiger partial charge on any atom is -0.341 e. The SMILES string of the molecule is O=C(C1CCCc2nn(Cc3ccc(Cl)cc3)c(=O)n21)N1CCCC1. The number of likely N-dealkylation sites (tertiary alicyclic amines) is 1. The molecule has 1 aromatic heterocycles. The van der Waals surface area contributed by atoms with E-state index in [0.717, 1.165) is 56.6 Å². The lowest BCUT2D eigenvalue weighted by molar-refractivity contribution is -0.134. The number of carbonyl (C=O) groups is 1. The number of fused-ring (bicyclic) bond motifs is 1. The molecule has 0 aliphatic carbocycles. The molecule has 4 rings (SSSR count). The van der Waals surface area contributed by atoms with Gasteiger partial charge in [-0.3, -0.25) is 9.36 Å². The number of hydrogen-bond donors (Lipinski definition) is 0. The predicted molar refractivity (Wildman–Crippen MR) is 94.8 cm³/mol. The van der Waals surface area contributed by atoms with Gasteiger partial charge >= 0.3 is 5.69 Å². The molecule has 6 nitrogen and oxygen atoms in total. The van der Waals surface area contributed by atoms with E-state index in [1.165, 1.54) is 4.68 Å². The lowest BCUT2D eigenvalue weighted by Gasteiger charge is -2.27. The third kappa shape index (κ3) is 3.11. The summed E-state index contributed by atoms with van der Waals surface area (Å²) in [5.41, 5.74) is 0.770. The summed E-state index contributed by atoms with van der Waals surface area (Å²) < 4.78 is 3.09. The number of benzene rings is 1. The molecule has 1 aromatic carbocycles. The zero-order valence-corrected chi connectivity index (χ0v) is 14.8. The van der Waals surface area contributed by atoms with E-state index in [1.807, 2.05) is 17.0 Å². The van der Waals surface area contributed by atoms with E-state index in [9.17, 15) is 9.59 Å². The van der Waals surface area contributed by atoms with Crippen LogP contribution in [0.4, 0.5) is 0 Å². The molecule has 0 bridgehead atoms. The number of rotatable bonds is 3. The summed E-state index contributed by atoms with van der Waals surface area (Å²) >= 11 is 5.91. The average molecular weight is 361 g/mol. The Hall–Kier alpha value is -2.08. The van der Waals surface area contributed by atoms with Crippen molar-refractivity contribution in [1.29, 1.82) is 0 Å². The van der Waals surface area contributed by atoms with E-state index in [1.54, 1.807) is 16.7 Å². The Morgan fingerprint density at radius 1 is 1.16 bits per heavy atom. The van der Waals surface area contributed by atoms with Gasteiger partial charge in [0.25, 0.3) is 0 Å². The molecule has 2 aliphatic rings. The van der Waals surface area contributed by atoms with Gasteiger partial charge in [-0.25, -0.2) is 9.48 Å². The first kappa shape index (κ1) is 16.4. The highest BCUT2D eigenvalue weighted by Crippen LogP contribution is 2.25. The van der Waals surface area contributed by atoms with Crippen LogP contribution in [0.5, 0.6) is 0 Å². The van der Waals surface area contributed by atoms with Crippen molar-refractivity contribution in [2.75, 3.05) is 13.1 Å². The lowest BCUT2D eigenvalue weighted by Crippen LogP contribution is -2.41. The van der Waals surface area contributed by atoms with Crippen molar-refractivity contribution in [3.8, 4) is 0 Å². The molecule has 7 heteroatoms. The minimum absolute atomic E-state index is 0.0755. The number of carbonyl (C=O) groups excluding carboxylic acids is 1. The summed E-state index contributed by atoms with van der Waals surface area (Å²) in [4.78, 5) is 27.6. The first-order valence-corrected chi connectivity index (χ1v) is 9.23. The summed E-state index contributed by atoms with van der Waals surface area (Å²) in [7, 11) is 0. The van der Waals surface area contributed by atoms with Gasteiger partial charge in [0.2, 0.25) is 5.91 Å². The van der Waals surface area contributed by atoms with Gasteiger partial charge in [0, 0.05) is 24.5 Å². The second-order valence-electron chi connectivity index (χ2n) is 6.79. The third-order valence-electron chi connectivity index (χ3n) is 5.08. The molecule has 0 spiro atoms. The van der Waals surface area contributed by atoms with Crippen molar-refractivity contribution >= 4 is 17.5 Å². The molecular formula is C18H21ClN4O2. The summed E-state index contributed by atoms with van der Waals surface area (Å²) in [5, 5.41) is 5.15. The summed E-state index contributed by atoms with van der Waals surface area (Å²) in [6, 6.07) is 6.99. The van der Waals surface area contributed by atoms with E-state index in [2.05, 4.69) is 5.10 Å². The monoisotopic (exact) mass is 360 g/mol. The molecule has 1 saturated heterocycles. The van der Waals surface area contributed by atoms with Gasteiger partial charge in [0.05, 0.1) is 6.54 Å². The van der Waals surface area contributed by atoms with Crippen LogP contribution in [-0.2, 0) is 17.8 Å². The zero-order chi connectivity index (χ0) is 17.4. The molecule has 2 aromatic rings. The third-order valence-corrected chi connectivity index (χ3v) is 5.33.